The van der Waals surface area contributed by atoms with Crippen molar-refractivity contribution in [2.24, 2.45) is 0 Å². The van der Waals surface area contributed by atoms with Crippen LogP contribution in [0.3, 0.4) is 0 Å². The zero-order chi connectivity index (χ0) is 12.5. The molecule has 0 bridgehead atoms. The number of rotatable bonds is 4. The molecule has 0 saturated carbocycles. The lowest BCUT2D eigenvalue weighted by molar-refractivity contribution is 0.179. The van der Waals surface area contributed by atoms with Gasteiger partial charge in [-0.1, -0.05) is 6.07 Å². The lowest BCUT2D eigenvalue weighted by atomic mass is 9.94. The standard InChI is InChI=1S/C15H18NO2/c1-18-8-12-6-5-11-7-10-3-2-4-13(10)15(14(11)12)16-9-17/h7,12H,2-6,8H2,1H3,(H,16,17)/t12-/m1/s1. The molecule has 0 spiro atoms. The lowest BCUT2D eigenvalue weighted by Gasteiger charge is -2.18. The average molecular weight is 244 g/mol. The van der Waals surface area contributed by atoms with Crippen molar-refractivity contribution < 1.29 is 9.53 Å². The molecule has 0 aromatic heterocycles. The van der Waals surface area contributed by atoms with Gasteiger partial charge in [-0.25, -0.2) is 0 Å². The van der Waals surface area contributed by atoms with Gasteiger partial charge in [0.2, 0.25) is 0 Å². The van der Waals surface area contributed by atoms with Crippen LogP contribution in [-0.2, 0) is 28.8 Å². The van der Waals surface area contributed by atoms with Crippen LogP contribution >= 0.6 is 0 Å². The summed E-state index contributed by atoms with van der Waals surface area (Å²) in [5, 5.41) is 2.84. The average Bonchev–Trinajstić information content (AvgIpc) is 2.97. The molecule has 1 amide bonds. The summed E-state index contributed by atoms with van der Waals surface area (Å²) in [6.07, 6.45) is 7.51. The molecule has 0 aliphatic heterocycles. The number of nitrogens with one attached hydrogen (secondary N) is 1. The molecule has 18 heavy (non-hydrogen) atoms. The highest BCUT2D eigenvalue weighted by Gasteiger charge is 2.30. The Morgan fingerprint density at radius 2 is 2.28 bits per heavy atom. The van der Waals surface area contributed by atoms with E-state index in [2.05, 4.69) is 11.4 Å². The minimum absolute atomic E-state index is 0.423. The van der Waals surface area contributed by atoms with Gasteiger partial charge in [-0.2, -0.15) is 0 Å². The second-order valence-corrected chi connectivity index (χ2v) is 5.23. The number of anilines is 1. The van der Waals surface area contributed by atoms with E-state index in [1.165, 1.54) is 28.7 Å². The van der Waals surface area contributed by atoms with E-state index in [9.17, 15) is 4.79 Å². The van der Waals surface area contributed by atoms with E-state index in [1.54, 1.807) is 7.11 Å². The Balaban J connectivity index is 2.11. The molecule has 3 rings (SSSR count). The lowest BCUT2D eigenvalue weighted by Crippen LogP contribution is -2.09. The van der Waals surface area contributed by atoms with Crippen molar-refractivity contribution in [3.8, 4) is 0 Å². The number of hydrogen-bond donors (Lipinski definition) is 1. The smallest absolute Gasteiger partial charge is 0.314 e. The molecule has 1 N–H and O–H groups in total. The Morgan fingerprint density at radius 3 is 3.06 bits per heavy atom. The molecule has 0 saturated heterocycles. The van der Waals surface area contributed by atoms with Crippen LogP contribution < -0.4 is 5.32 Å². The van der Waals surface area contributed by atoms with Crippen molar-refractivity contribution in [2.45, 2.75) is 38.0 Å². The van der Waals surface area contributed by atoms with Crippen LogP contribution in [0.15, 0.2) is 6.07 Å². The van der Waals surface area contributed by atoms with E-state index >= 15 is 0 Å². The van der Waals surface area contributed by atoms with Crippen LogP contribution in [0.2, 0.25) is 0 Å². The minimum Gasteiger partial charge on any atom is -0.384 e. The third kappa shape index (κ3) is 1.74. The molecule has 3 heteroatoms. The first-order valence-electron chi connectivity index (χ1n) is 6.64. The topological polar surface area (TPSA) is 38.3 Å². The number of methoxy groups -OCH3 is 1. The summed E-state index contributed by atoms with van der Waals surface area (Å²) < 4.78 is 5.31. The molecule has 0 fully saturated rings. The van der Waals surface area contributed by atoms with E-state index in [0.29, 0.717) is 5.92 Å². The summed E-state index contributed by atoms with van der Waals surface area (Å²) >= 11 is 0. The summed E-state index contributed by atoms with van der Waals surface area (Å²) in [5.74, 6) is 0.423. The summed E-state index contributed by atoms with van der Waals surface area (Å²) in [7, 11) is 1.74. The third-order valence-electron chi connectivity index (χ3n) is 4.24. The molecular formula is C15H18NO2. The Labute approximate surface area is 108 Å². The molecule has 1 aromatic rings. The summed E-state index contributed by atoms with van der Waals surface area (Å²) in [5.41, 5.74) is 6.50. The maximum atomic E-state index is 10.8. The van der Waals surface area contributed by atoms with Crippen LogP contribution in [0.25, 0.3) is 0 Å². The van der Waals surface area contributed by atoms with Crippen LogP contribution in [-0.4, -0.2) is 20.1 Å². The number of amides is 1. The van der Waals surface area contributed by atoms with Gasteiger partial charge in [0.15, 0.2) is 0 Å². The van der Waals surface area contributed by atoms with Gasteiger partial charge in [-0.3, -0.25) is 4.79 Å². The second-order valence-electron chi connectivity index (χ2n) is 5.23. The predicted molar refractivity (Wildman–Crippen MR) is 70.7 cm³/mol. The van der Waals surface area contributed by atoms with Crippen LogP contribution in [0.5, 0.6) is 0 Å². The van der Waals surface area contributed by atoms with Gasteiger partial charge in [0.25, 0.3) is 0 Å². The fourth-order valence-corrected chi connectivity index (χ4v) is 3.53. The van der Waals surface area contributed by atoms with Gasteiger partial charge >= 0.3 is 6.41 Å². The third-order valence-corrected chi connectivity index (χ3v) is 4.24. The monoisotopic (exact) mass is 244 g/mol. The van der Waals surface area contributed by atoms with E-state index < -0.39 is 0 Å². The van der Waals surface area contributed by atoms with E-state index in [-0.39, 0.29) is 0 Å². The summed E-state index contributed by atoms with van der Waals surface area (Å²) in [6, 6.07) is 2.35. The van der Waals surface area contributed by atoms with Gasteiger partial charge in [-0.05, 0) is 54.4 Å². The second kappa shape index (κ2) is 4.73. The predicted octanol–water partition coefficient (Wildman–Crippen LogP) is 2.33. The van der Waals surface area contributed by atoms with Gasteiger partial charge in [0, 0.05) is 18.7 Å². The normalized spacial score (nSPS) is 20.6. The van der Waals surface area contributed by atoms with Crippen molar-refractivity contribution in [1.29, 1.82) is 0 Å². The largest absolute Gasteiger partial charge is 0.384 e. The maximum Gasteiger partial charge on any atom is 0.314 e. The molecule has 2 aliphatic rings. The Morgan fingerprint density at radius 1 is 1.39 bits per heavy atom. The molecule has 3 nitrogen and oxygen atoms in total. The van der Waals surface area contributed by atoms with Crippen molar-refractivity contribution in [2.75, 3.05) is 19.0 Å². The molecule has 1 atom stereocenters. The number of hydrogen-bond acceptors (Lipinski definition) is 2. The molecule has 0 heterocycles. The van der Waals surface area contributed by atoms with Gasteiger partial charge in [0.1, 0.15) is 0 Å². The number of fused-ring (bicyclic) bond motifs is 2. The first-order valence-corrected chi connectivity index (χ1v) is 6.64. The van der Waals surface area contributed by atoms with Crippen molar-refractivity contribution >= 4 is 12.1 Å². The molecular weight excluding hydrogens is 226 g/mol. The zero-order valence-electron chi connectivity index (χ0n) is 10.7. The fourth-order valence-electron chi connectivity index (χ4n) is 3.53. The number of benzene rings is 1. The van der Waals surface area contributed by atoms with E-state index in [1.807, 2.05) is 6.41 Å². The minimum atomic E-state index is 0.423. The highest BCUT2D eigenvalue weighted by atomic mass is 16.5. The first kappa shape index (κ1) is 11.7. The highest BCUT2D eigenvalue weighted by Crippen LogP contribution is 2.43. The Hall–Kier alpha value is -1.35. The summed E-state index contributed by atoms with van der Waals surface area (Å²) in [6.45, 7) is 0.735. The van der Waals surface area contributed by atoms with Crippen LogP contribution in [0, 0.1) is 0 Å². The van der Waals surface area contributed by atoms with Crippen molar-refractivity contribution in [3.05, 3.63) is 28.3 Å². The van der Waals surface area contributed by atoms with Gasteiger partial charge in [0.05, 0.1) is 6.61 Å². The van der Waals surface area contributed by atoms with Gasteiger partial charge in [-0.15, -0.1) is 0 Å². The fraction of sp³-hybridized carbons (Fsp3) is 0.533. The van der Waals surface area contributed by atoms with Crippen molar-refractivity contribution in [1.82, 2.24) is 0 Å². The summed E-state index contributed by atoms with van der Waals surface area (Å²) in [4.78, 5) is 10.8. The molecule has 1 radical (unpaired) electrons. The highest BCUT2D eigenvalue weighted by molar-refractivity contribution is 5.79. The number of carbonyl (C=O) groups excluding carboxylic acids is 1. The zero-order valence-corrected chi connectivity index (χ0v) is 10.7. The van der Waals surface area contributed by atoms with Crippen molar-refractivity contribution in [3.63, 3.8) is 0 Å². The molecule has 95 valence electrons. The van der Waals surface area contributed by atoms with E-state index in [0.717, 1.165) is 38.0 Å². The Kier molecular flexibility index (Phi) is 3.08. The maximum absolute atomic E-state index is 10.8. The van der Waals surface area contributed by atoms with Gasteiger partial charge < -0.3 is 10.1 Å². The Bertz CT molecular complexity index is 482. The van der Waals surface area contributed by atoms with E-state index in [4.69, 9.17) is 4.74 Å². The number of aryl methyl sites for hydroxylation is 2. The number of ether oxygens (including phenoxy) is 1. The van der Waals surface area contributed by atoms with Crippen LogP contribution in [0.1, 0.15) is 41.0 Å². The molecule has 2 aliphatic carbocycles. The quantitative estimate of drug-likeness (QED) is 0.825. The molecule has 0 unspecified atom stereocenters. The molecule has 1 aromatic carbocycles. The first-order chi connectivity index (χ1) is 8.85. The SMILES string of the molecule is COC[C@H]1CCc2cc3c(c(N[C]=O)c21)CCC3. The van der Waals surface area contributed by atoms with Crippen LogP contribution in [0.4, 0.5) is 5.69 Å².